The lowest BCUT2D eigenvalue weighted by atomic mass is 9.69. The summed E-state index contributed by atoms with van der Waals surface area (Å²) in [5.41, 5.74) is 2.60. The van der Waals surface area contributed by atoms with Crippen molar-refractivity contribution in [2.45, 2.75) is 24.8 Å². The van der Waals surface area contributed by atoms with Gasteiger partial charge in [0.2, 0.25) is 16.0 Å². The molecule has 0 aliphatic carbocycles. The van der Waals surface area contributed by atoms with Crippen LogP contribution >= 0.6 is 0 Å². The van der Waals surface area contributed by atoms with Gasteiger partial charge in [-0.25, -0.2) is 22.7 Å². The molecule has 4 rings (SSSR count). The first kappa shape index (κ1) is 16.5. The SMILES string of the molecule is CS(=O)(=O)N1CCC2(CC1)CN(c1ncccn1)Cc1ccccc12. The Morgan fingerprint density at radius 2 is 1.72 bits per heavy atom. The van der Waals surface area contributed by atoms with E-state index in [1.165, 1.54) is 17.4 Å². The summed E-state index contributed by atoms with van der Waals surface area (Å²) in [5, 5.41) is 0. The highest BCUT2D eigenvalue weighted by molar-refractivity contribution is 7.88. The van der Waals surface area contributed by atoms with E-state index in [1.54, 1.807) is 16.7 Å². The Kier molecular flexibility index (Phi) is 4.00. The summed E-state index contributed by atoms with van der Waals surface area (Å²) < 4.78 is 25.4. The van der Waals surface area contributed by atoms with Crippen molar-refractivity contribution in [1.82, 2.24) is 14.3 Å². The summed E-state index contributed by atoms with van der Waals surface area (Å²) in [7, 11) is -3.13. The minimum Gasteiger partial charge on any atom is -0.336 e. The van der Waals surface area contributed by atoms with Crippen molar-refractivity contribution in [2.24, 2.45) is 0 Å². The maximum absolute atomic E-state index is 11.9. The minimum absolute atomic E-state index is 0.0464. The third kappa shape index (κ3) is 3.02. The summed E-state index contributed by atoms with van der Waals surface area (Å²) in [4.78, 5) is 11.1. The number of benzene rings is 1. The number of fused-ring (bicyclic) bond motifs is 2. The van der Waals surface area contributed by atoms with E-state index in [9.17, 15) is 8.42 Å². The Bertz CT molecular complexity index is 862. The minimum atomic E-state index is -3.13. The molecule has 7 heteroatoms. The summed E-state index contributed by atoms with van der Waals surface area (Å²) >= 11 is 0. The fourth-order valence-corrected chi connectivity index (χ4v) is 5.00. The normalized spacial score (nSPS) is 20.4. The predicted molar refractivity (Wildman–Crippen MR) is 96.9 cm³/mol. The van der Waals surface area contributed by atoms with Crippen molar-refractivity contribution < 1.29 is 8.42 Å². The Hall–Kier alpha value is -1.99. The van der Waals surface area contributed by atoms with Crippen LogP contribution in [0, 0.1) is 0 Å². The second-order valence-corrected chi connectivity index (χ2v) is 8.99. The Morgan fingerprint density at radius 3 is 2.40 bits per heavy atom. The van der Waals surface area contributed by atoms with Crippen LogP contribution < -0.4 is 4.90 Å². The van der Waals surface area contributed by atoms with E-state index in [-0.39, 0.29) is 5.41 Å². The first-order chi connectivity index (χ1) is 12.0. The molecule has 25 heavy (non-hydrogen) atoms. The summed E-state index contributed by atoms with van der Waals surface area (Å²) in [6, 6.07) is 10.3. The molecule has 0 radical (unpaired) electrons. The number of hydrogen-bond donors (Lipinski definition) is 0. The molecule has 6 nitrogen and oxygen atoms in total. The van der Waals surface area contributed by atoms with E-state index in [2.05, 4.69) is 39.1 Å². The van der Waals surface area contributed by atoms with Crippen molar-refractivity contribution in [3.05, 3.63) is 53.9 Å². The third-order valence-corrected chi connectivity index (χ3v) is 6.73. The third-order valence-electron chi connectivity index (χ3n) is 5.43. The molecule has 3 heterocycles. The average molecular weight is 358 g/mol. The lowest BCUT2D eigenvalue weighted by Crippen LogP contribution is -2.53. The smallest absolute Gasteiger partial charge is 0.225 e. The van der Waals surface area contributed by atoms with Gasteiger partial charge in [0.1, 0.15) is 0 Å². The van der Waals surface area contributed by atoms with Crippen molar-refractivity contribution in [3.63, 3.8) is 0 Å². The number of hydrogen-bond acceptors (Lipinski definition) is 5. The number of anilines is 1. The number of nitrogens with zero attached hydrogens (tertiary/aromatic N) is 4. The van der Waals surface area contributed by atoms with E-state index in [0.29, 0.717) is 13.1 Å². The Balaban J connectivity index is 1.69. The van der Waals surface area contributed by atoms with Crippen molar-refractivity contribution >= 4 is 16.0 Å². The fraction of sp³-hybridized carbons (Fsp3) is 0.444. The first-order valence-corrected chi connectivity index (χ1v) is 10.4. The van der Waals surface area contributed by atoms with Crippen LogP contribution in [0.3, 0.4) is 0 Å². The van der Waals surface area contributed by atoms with Crippen LogP contribution in [0.2, 0.25) is 0 Å². The topological polar surface area (TPSA) is 66.4 Å². The van der Waals surface area contributed by atoms with Crippen LogP contribution in [0.15, 0.2) is 42.7 Å². The van der Waals surface area contributed by atoms with Crippen molar-refractivity contribution in [1.29, 1.82) is 0 Å². The molecule has 0 saturated carbocycles. The molecule has 0 unspecified atom stereocenters. The van der Waals surface area contributed by atoms with E-state index in [1.807, 2.05) is 6.07 Å². The second kappa shape index (κ2) is 6.07. The standard InChI is InChI=1S/C18H22N4O2S/c1-25(23,24)22-11-7-18(8-12-22)14-21(17-19-9-4-10-20-17)13-15-5-2-3-6-16(15)18/h2-6,9-10H,7-8,11-14H2,1H3. The van der Waals surface area contributed by atoms with Crippen LogP contribution in [-0.4, -0.2) is 48.6 Å². The number of piperidine rings is 1. The molecule has 132 valence electrons. The van der Waals surface area contributed by atoms with Gasteiger partial charge in [0.15, 0.2) is 0 Å². The molecule has 1 spiro atoms. The van der Waals surface area contributed by atoms with Gasteiger partial charge in [-0.15, -0.1) is 0 Å². The molecule has 0 atom stereocenters. The quantitative estimate of drug-likeness (QED) is 0.819. The molecular formula is C18H22N4O2S. The van der Waals surface area contributed by atoms with Gasteiger partial charge >= 0.3 is 0 Å². The molecule has 0 N–H and O–H groups in total. The monoisotopic (exact) mass is 358 g/mol. The van der Waals surface area contributed by atoms with Gasteiger partial charge in [-0.2, -0.15) is 0 Å². The molecule has 1 aromatic heterocycles. The van der Waals surface area contributed by atoms with Crippen LogP contribution in [0.1, 0.15) is 24.0 Å². The molecule has 0 bridgehead atoms. The van der Waals surface area contributed by atoms with Crippen molar-refractivity contribution in [3.8, 4) is 0 Å². The Labute approximate surface area is 148 Å². The van der Waals surface area contributed by atoms with E-state index >= 15 is 0 Å². The van der Waals surface area contributed by atoms with Gasteiger partial charge < -0.3 is 4.90 Å². The van der Waals surface area contributed by atoms with Crippen LogP contribution in [-0.2, 0) is 22.0 Å². The largest absolute Gasteiger partial charge is 0.336 e. The van der Waals surface area contributed by atoms with Crippen LogP contribution in [0.4, 0.5) is 5.95 Å². The predicted octanol–water partition coefficient (Wildman–Crippen LogP) is 1.79. The molecule has 1 saturated heterocycles. The number of rotatable bonds is 2. The molecule has 0 amide bonds. The molecular weight excluding hydrogens is 336 g/mol. The molecule has 2 aliphatic rings. The van der Waals surface area contributed by atoms with Gasteiger partial charge in [-0.3, -0.25) is 0 Å². The van der Waals surface area contributed by atoms with Crippen molar-refractivity contribution in [2.75, 3.05) is 30.8 Å². The number of sulfonamides is 1. The maximum atomic E-state index is 11.9. The van der Waals surface area contributed by atoms with E-state index in [0.717, 1.165) is 31.9 Å². The molecule has 1 fully saturated rings. The highest BCUT2D eigenvalue weighted by atomic mass is 32.2. The number of aromatic nitrogens is 2. The maximum Gasteiger partial charge on any atom is 0.225 e. The second-order valence-electron chi connectivity index (χ2n) is 7.00. The van der Waals surface area contributed by atoms with Gasteiger partial charge in [0.05, 0.1) is 6.26 Å². The summed E-state index contributed by atoms with van der Waals surface area (Å²) in [6.07, 6.45) is 6.47. The summed E-state index contributed by atoms with van der Waals surface area (Å²) in [5.74, 6) is 0.738. The summed E-state index contributed by atoms with van der Waals surface area (Å²) in [6.45, 7) is 2.75. The lowest BCUT2D eigenvalue weighted by Gasteiger charge is -2.48. The molecule has 1 aromatic carbocycles. The highest BCUT2D eigenvalue weighted by Gasteiger charge is 2.43. The highest BCUT2D eigenvalue weighted by Crippen LogP contribution is 2.42. The van der Waals surface area contributed by atoms with E-state index < -0.39 is 10.0 Å². The Morgan fingerprint density at radius 1 is 1.04 bits per heavy atom. The first-order valence-electron chi connectivity index (χ1n) is 8.53. The van der Waals surface area contributed by atoms with Gasteiger partial charge in [-0.05, 0) is 30.0 Å². The van der Waals surface area contributed by atoms with Gasteiger partial charge in [0.25, 0.3) is 0 Å². The van der Waals surface area contributed by atoms with Gasteiger partial charge in [-0.1, -0.05) is 24.3 Å². The zero-order valence-electron chi connectivity index (χ0n) is 14.3. The molecule has 2 aliphatic heterocycles. The zero-order chi connectivity index (χ0) is 17.5. The lowest BCUT2D eigenvalue weighted by molar-refractivity contribution is 0.226. The van der Waals surface area contributed by atoms with Crippen LogP contribution in [0.5, 0.6) is 0 Å². The van der Waals surface area contributed by atoms with Crippen LogP contribution in [0.25, 0.3) is 0 Å². The zero-order valence-corrected chi connectivity index (χ0v) is 15.1. The van der Waals surface area contributed by atoms with E-state index in [4.69, 9.17) is 0 Å². The average Bonchev–Trinajstić information content (AvgIpc) is 2.62. The molecule has 2 aromatic rings. The fourth-order valence-electron chi connectivity index (χ4n) is 4.16. The van der Waals surface area contributed by atoms with Gasteiger partial charge in [0, 0.05) is 44.0 Å².